The lowest BCUT2D eigenvalue weighted by Crippen LogP contribution is -2.39. The Labute approximate surface area is 155 Å². The molecule has 0 radical (unpaired) electrons. The molecule has 0 fully saturated rings. The highest BCUT2D eigenvalue weighted by atomic mass is 127. The number of guanidine groups is 1. The first-order chi connectivity index (χ1) is 9.43. The monoisotopic (exact) mass is 488 g/mol. The number of nitrogens with zero attached hydrogens (tertiary/aromatic N) is 3. The smallest absolute Gasteiger partial charge is 0.243 e. The van der Waals surface area contributed by atoms with Gasteiger partial charge in [0.25, 0.3) is 0 Å². The van der Waals surface area contributed by atoms with Crippen molar-refractivity contribution in [3.05, 3.63) is 20.8 Å². The van der Waals surface area contributed by atoms with Crippen molar-refractivity contribution in [1.82, 2.24) is 15.1 Å². The third-order valence-corrected chi connectivity index (χ3v) is 4.19. The maximum atomic E-state index is 11.6. The maximum Gasteiger partial charge on any atom is 0.243 e. The fraction of sp³-hybridized carbons (Fsp3) is 0.538. The Hall–Kier alpha value is -0.350. The normalized spacial score (nSPS) is 10.8. The average molecular weight is 489 g/mol. The van der Waals surface area contributed by atoms with Gasteiger partial charge in [0.15, 0.2) is 5.96 Å². The summed E-state index contributed by atoms with van der Waals surface area (Å²) in [4.78, 5) is 20.8. The Balaban J connectivity index is 0.00000400. The number of carbonyl (C=O) groups is 1. The summed E-state index contributed by atoms with van der Waals surface area (Å²) >= 11 is 5.16. The van der Waals surface area contributed by atoms with Gasteiger partial charge in [0.2, 0.25) is 5.91 Å². The van der Waals surface area contributed by atoms with Crippen LogP contribution in [0.3, 0.4) is 0 Å². The molecule has 1 aromatic heterocycles. The molecular weight excluding hydrogens is 467 g/mol. The number of amides is 1. The van der Waals surface area contributed by atoms with E-state index in [4.69, 9.17) is 0 Å². The second-order valence-corrected chi connectivity index (χ2v) is 7.07. The highest BCUT2D eigenvalue weighted by Gasteiger charge is 2.09. The van der Waals surface area contributed by atoms with Crippen molar-refractivity contribution in [3.8, 4) is 0 Å². The van der Waals surface area contributed by atoms with Gasteiger partial charge < -0.3 is 15.1 Å². The molecule has 0 unspecified atom stereocenters. The van der Waals surface area contributed by atoms with E-state index in [1.807, 2.05) is 24.9 Å². The molecule has 5 nitrogen and oxygen atoms in total. The zero-order valence-electron chi connectivity index (χ0n) is 12.7. The van der Waals surface area contributed by atoms with Gasteiger partial charge in [-0.2, -0.15) is 0 Å². The van der Waals surface area contributed by atoms with Crippen molar-refractivity contribution >= 4 is 63.1 Å². The molecule has 0 atom stereocenters. The van der Waals surface area contributed by atoms with Crippen molar-refractivity contribution in [2.45, 2.75) is 13.5 Å². The van der Waals surface area contributed by atoms with Crippen molar-refractivity contribution < 1.29 is 4.79 Å². The summed E-state index contributed by atoms with van der Waals surface area (Å²) in [7, 11) is 5.44. The number of aliphatic imine (C=N–C) groups is 1. The standard InChI is InChI=1S/C13H21BrN4OS.HI/c1-5-15-13(16-8-12(19)17(2)3)18(4)9-10-6-7-11(14)20-10;/h6-7H,5,8-9H2,1-4H3,(H,15,16);1H. The van der Waals surface area contributed by atoms with Gasteiger partial charge in [-0.05, 0) is 35.0 Å². The Morgan fingerprint density at radius 1 is 1.38 bits per heavy atom. The highest BCUT2D eigenvalue weighted by Crippen LogP contribution is 2.22. The van der Waals surface area contributed by atoms with Gasteiger partial charge in [0, 0.05) is 32.6 Å². The van der Waals surface area contributed by atoms with E-state index in [1.54, 1.807) is 30.3 Å². The minimum atomic E-state index is -0.00679. The molecule has 21 heavy (non-hydrogen) atoms. The van der Waals surface area contributed by atoms with Crippen LogP contribution in [-0.2, 0) is 11.3 Å². The third-order valence-electron chi connectivity index (χ3n) is 2.58. The first-order valence-corrected chi connectivity index (χ1v) is 7.98. The van der Waals surface area contributed by atoms with Crippen LogP contribution in [0.5, 0.6) is 0 Å². The lowest BCUT2D eigenvalue weighted by molar-refractivity contribution is -0.127. The van der Waals surface area contributed by atoms with E-state index in [0.29, 0.717) is 0 Å². The molecule has 8 heteroatoms. The van der Waals surface area contributed by atoms with Crippen molar-refractivity contribution in [1.29, 1.82) is 0 Å². The topological polar surface area (TPSA) is 47.9 Å². The summed E-state index contributed by atoms with van der Waals surface area (Å²) in [5.74, 6) is 0.736. The van der Waals surface area contributed by atoms with E-state index >= 15 is 0 Å². The average Bonchev–Trinajstić information content (AvgIpc) is 2.79. The van der Waals surface area contributed by atoms with Crippen molar-refractivity contribution in [2.24, 2.45) is 4.99 Å². The van der Waals surface area contributed by atoms with Gasteiger partial charge in [-0.3, -0.25) is 4.79 Å². The third kappa shape index (κ3) is 7.46. The van der Waals surface area contributed by atoms with Crippen LogP contribution in [0.4, 0.5) is 0 Å². The SMILES string of the molecule is CCNC(=NCC(=O)N(C)C)N(C)Cc1ccc(Br)s1.I. The van der Waals surface area contributed by atoms with E-state index in [0.717, 1.165) is 22.8 Å². The van der Waals surface area contributed by atoms with Gasteiger partial charge in [0.1, 0.15) is 6.54 Å². The van der Waals surface area contributed by atoms with Crippen molar-refractivity contribution in [2.75, 3.05) is 34.2 Å². The summed E-state index contributed by atoms with van der Waals surface area (Å²) in [6.45, 7) is 3.71. The summed E-state index contributed by atoms with van der Waals surface area (Å²) < 4.78 is 1.12. The molecule has 1 amide bonds. The number of halogens is 2. The van der Waals surface area contributed by atoms with Crippen LogP contribution in [0, 0.1) is 0 Å². The Morgan fingerprint density at radius 3 is 2.52 bits per heavy atom. The molecule has 1 N–H and O–H groups in total. The number of rotatable bonds is 5. The number of thiophene rings is 1. The lowest BCUT2D eigenvalue weighted by atomic mass is 10.4. The van der Waals surface area contributed by atoms with Crippen LogP contribution < -0.4 is 5.32 Å². The predicted molar refractivity (Wildman–Crippen MR) is 104 cm³/mol. The summed E-state index contributed by atoms with van der Waals surface area (Å²) in [6, 6.07) is 4.12. The maximum absolute atomic E-state index is 11.6. The van der Waals surface area contributed by atoms with Crippen LogP contribution >= 0.6 is 51.2 Å². The molecule has 1 aromatic rings. The molecule has 0 aromatic carbocycles. The Bertz CT molecular complexity index is 478. The first-order valence-electron chi connectivity index (χ1n) is 6.37. The van der Waals surface area contributed by atoms with Crippen LogP contribution in [0.25, 0.3) is 0 Å². The van der Waals surface area contributed by atoms with E-state index in [9.17, 15) is 4.79 Å². The minimum Gasteiger partial charge on any atom is -0.357 e. The molecule has 0 spiro atoms. The zero-order valence-corrected chi connectivity index (χ0v) is 17.5. The number of likely N-dealkylation sites (N-methyl/N-ethyl adjacent to an activating group) is 1. The molecule has 1 heterocycles. The van der Waals surface area contributed by atoms with Crippen molar-refractivity contribution in [3.63, 3.8) is 0 Å². The van der Waals surface area contributed by atoms with E-state index in [-0.39, 0.29) is 36.4 Å². The highest BCUT2D eigenvalue weighted by molar-refractivity contribution is 14.0. The zero-order chi connectivity index (χ0) is 15.1. The lowest BCUT2D eigenvalue weighted by Gasteiger charge is -2.21. The predicted octanol–water partition coefficient (Wildman–Crippen LogP) is 2.61. The van der Waals surface area contributed by atoms with Crippen LogP contribution in [0.15, 0.2) is 20.9 Å². The molecule has 1 rings (SSSR count). The van der Waals surface area contributed by atoms with Gasteiger partial charge in [-0.15, -0.1) is 35.3 Å². The van der Waals surface area contributed by atoms with Gasteiger partial charge in [-0.25, -0.2) is 4.99 Å². The first kappa shape index (κ1) is 20.6. The fourth-order valence-corrected chi connectivity index (χ4v) is 3.04. The molecule has 0 saturated heterocycles. The van der Waals surface area contributed by atoms with Crippen LogP contribution in [0.2, 0.25) is 0 Å². The molecular formula is C13H22BrIN4OS. The van der Waals surface area contributed by atoms with E-state index in [1.165, 1.54) is 4.88 Å². The number of hydrogen-bond acceptors (Lipinski definition) is 3. The van der Waals surface area contributed by atoms with Gasteiger partial charge in [0.05, 0.1) is 10.3 Å². The Morgan fingerprint density at radius 2 is 2.05 bits per heavy atom. The van der Waals surface area contributed by atoms with Crippen LogP contribution in [0.1, 0.15) is 11.8 Å². The second kappa shape index (κ2) is 10.4. The molecule has 120 valence electrons. The van der Waals surface area contributed by atoms with E-state index in [2.05, 4.69) is 32.3 Å². The second-order valence-electron chi connectivity index (χ2n) is 4.52. The summed E-state index contributed by atoms with van der Waals surface area (Å²) in [6.07, 6.45) is 0. The number of hydrogen-bond donors (Lipinski definition) is 1. The van der Waals surface area contributed by atoms with Crippen LogP contribution in [-0.4, -0.2) is 55.9 Å². The summed E-state index contributed by atoms with van der Waals surface area (Å²) in [5.41, 5.74) is 0. The molecule has 0 bridgehead atoms. The molecule has 0 aliphatic rings. The number of nitrogens with one attached hydrogen (secondary N) is 1. The molecule has 0 aliphatic heterocycles. The molecule has 0 aliphatic carbocycles. The number of carbonyl (C=O) groups excluding carboxylic acids is 1. The largest absolute Gasteiger partial charge is 0.357 e. The Kier molecular flexibility index (Phi) is 10.2. The van der Waals surface area contributed by atoms with Gasteiger partial charge >= 0.3 is 0 Å². The van der Waals surface area contributed by atoms with Gasteiger partial charge in [-0.1, -0.05) is 0 Å². The summed E-state index contributed by atoms with van der Waals surface area (Å²) in [5, 5.41) is 3.20. The fourth-order valence-electron chi connectivity index (χ4n) is 1.50. The van der Waals surface area contributed by atoms with E-state index < -0.39 is 0 Å². The quantitative estimate of drug-likeness (QED) is 0.393. The minimum absolute atomic E-state index is 0. The molecule has 0 saturated carbocycles.